The number of nitrogens with zero attached hydrogens (tertiary/aromatic N) is 3. The van der Waals surface area contributed by atoms with E-state index in [4.69, 9.17) is 4.74 Å². The third-order valence-electron chi connectivity index (χ3n) is 6.49. The smallest absolute Gasteiger partial charge is 0.251 e. The van der Waals surface area contributed by atoms with Crippen LogP contribution < -0.4 is 5.32 Å². The molecule has 0 saturated carbocycles. The van der Waals surface area contributed by atoms with Crippen molar-refractivity contribution in [3.63, 3.8) is 0 Å². The summed E-state index contributed by atoms with van der Waals surface area (Å²) in [7, 11) is 0. The minimum atomic E-state index is -0.0216. The molecule has 2 saturated heterocycles. The monoisotopic (exact) mass is 436 g/mol. The molecule has 6 nitrogen and oxygen atoms in total. The summed E-state index contributed by atoms with van der Waals surface area (Å²) in [5.41, 5.74) is 4.35. The van der Waals surface area contributed by atoms with Crippen LogP contribution in [0.4, 0.5) is 0 Å². The number of likely N-dealkylation sites (N-methyl/N-ethyl adjacent to an activating group) is 1. The lowest BCUT2D eigenvalue weighted by molar-refractivity contribution is 0.0342. The molecule has 2 aromatic rings. The molecule has 0 spiro atoms. The van der Waals surface area contributed by atoms with Crippen molar-refractivity contribution in [3.05, 3.63) is 70.8 Å². The van der Waals surface area contributed by atoms with E-state index < -0.39 is 0 Å². The molecule has 4 rings (SSSR count). The quantitative estimate of drug-likeness (QED) is 0.689. The van der Waals surface area contributed by atoms with Crippen LogP contribution in [0.3, 0.4) is 0 Å². The normalized spacial score (nSPS) is 18.5. The minimum absolute atomic E-state index is 0.0216. The Bertz CT molecular complexity index is 856. The molecule has 6 heteroatoms. The van der Waals surface area contributed by atoms with E-state index in [1.807, 2.05) is 18.2 Å². The molecule has 1 amide bonds. The predicted molar refractivity (Wildman–Crippen MR) is 128 cm³/mol. The summed E-state index contributed by atoms with van der Waals surface area (Å²) in [5, 5.41) is 3.07. The van der Waals surface area contributed by atoms with Crippen molar-refractivity contribution in [1.82, 2.24) is 20.0 Å². The Morgan fingerprint density at radius 3 is 2.16 bits per heavy atom. The first-order valence-corrected chi connectivity index (χ1v) is 11.9. The maximum absolute atomic E-state index is 12.7. The molecule has 32 heavy (non-hydrogen) atoms. The van der Waals surface area contributed by atoms with Gasteiger partial charge in [0.25, 0.3) is 5.91 Å². The molecule has 2 aliphatic heterocycles. The summed E-state index contributed by atoms with van der Waals surface area (Å²) < 4.78 is 5.42. The van der Waals surface area contributed by atoms with E-state index in [0.29, 0.717) is 6.54 Å². The SMILES string of the molecule is CCN1CCN(Cc2ccc(CNC(=O)c3cccc(CN4CCOCC4)c3)cc2)CC1. The van der Waals surface area contributed by atoms with Crippen LogP contribution in [0.25, 0.3) is 0 Å². The number of carbonyl (C=O) groups is 1. The van der Waals surface area contributed by atoms with Crippen LogP contribution in [0, 0.1) is 0 Å². The Morgan fingerprint density at radius 1 is 0.812 bits per heavy atom. The van der Waals surface area contributed by atoms with E-state index in [1.54, 1.807) is 0 Å². The van der Waals surface area contributed by atoms with Crippen molar-refractivity contribution in [2.24, 2.45) is 0 Å². The number of benzene rings is 2. The largest absolute Gasteiger partial charge is 0.379 e. The van der Waals surface area contributed by atoms with Gasteiger partial charge in [-0.05, 0) is 35.4 Å². The molecule has 0 atom stereocenters. The predicted octanol–water partition coefficient (Wildman–Crippen LogP) is 2.59. The molecule has 2 aliphatic rings. The summed E-state index contributed by atoms with van der Waals surface area (Å²) in [4.78, 5) is 20.1. The molecule has 1 N–H and O–H groups in total. The topological polar surface area (TPSA) is 48.0 Å². The summed E-state index contributed by atoms with van der Waals surface area (Å²) in [6.07, 6.45) is 0. The number of amides is 1. The average molecular weight is 437 g/mol. The van der Waals surface area contributed by atoms with Gasteiger partial charge in [-0.3, -0.25) is 14.6 Å². The van der Waals surface area contributed by atoms with E-state index in [-0.39, 0.29) is 5.91 Å². The first kappa shape index (κ1) is 22.9. The first-order chi connectivity index (χ1) is 15.7. The van der Waals surface area contributed by atoms with Gasteiger partial charge in [0.05, 0.1) is 13.2 Å². The Morgan fingerprint density at radius 2 is 1.44 bits per heavy atom. The van der Waals surface area contributed by atoms with Crippen LogP contribution in [0.2, 0.25) is 0 Å². The standard InChI is InChI=1S/C26H36N4O2/c1-2-28-10-12-29(13-11-28)20-23-8-6-22(7-9-23)19-27-26(31)25-5-3-4-24(18-25)21-30-14-16-32-17-15-30/h3-9,18H,2,10-17,19-21H2,1H3,(H,27,31). The number of ether oxygens (including phenoxy) is 1. The van der Waals surface area contributed by atoms with Crippen LogP contribution in [0.15, 0.2) is 48.5 Å². The van der Waals surface area contributed by atoms with Crippen LogP contribution in [0.1, 0.15) is 34.0 Å². The van der Waals surface area contributed by atoms with Crippen LogP contribution in [-0.4, -0.2) is 79.6 Å². The van der Waals surface area contributed by atoms with Gasteiger partial charge in [-0.25, -0.2) is 0 Å². The van der Waals surface area contributed by atoms with E-state index >= 15 is 0 Å². The lowest BCUT2D eigenvalue weighted by atomic mass is 10.1. The lowest BCUT2D eigenvalue weighted by Gasteiger charge is -2.34. The molecular weight excluding hydrogens is 400 g/mol. The summed E-state index contributed by atoms with van der Waals surface area (Å²) in [5.74, 6) is -0.0216. The number of carbonyl (C=O) groups excluding carboxylic acids is 1. The van der Waals surface area contributed by atoms with Crippen molar-refractivity contribution in [2.45, 2.75) is 26.6 Å². The third kappa shape index (κ3) is 6.62. The molecular formula is C26H36N4O2. The second kappa shape index (κ2) is 11.6. The highest BCUT2D eigenvalue weighted by atomic mass is 16.5. The fourth-order valence-electron chi connectivity index (χ4n) is 4.40. The van der Waals surface area contributed by atoms with Gasteiger partial charge < -0.3 is 15.0 Å². The Hall–Kier alpha value is -2.25. The van der Waals surface area contributed by atoms with Gasteiger partial charge in [0.1, 0.15) is 0 Å². The molecule has 0 aromatic heterocycles. The van der Waals surface area contributed by atoms with Crippen molar-refractivity contribution in [1.29, 1.82) is 0 Å². The van der Waals surface area contributed by atoms with Crippen molar-refractivity contribution >= 4 is 5.91 Å². The van der Waals surface area contributed by atoms with Crippen LogP contribution in [-0.2, 0) is 24.4 Å². The molecule has 0 aliphatic carbocycles. The third-order valence-corrected chi connectivity index (χ3v) is 6.49. The number of hydrogen-bond donors (Lipinski definition) is 1. The Labute approximate surface area is 192 Å². The zero-order chi connectivity index (χ0) is 22.2. The number of nitrogens with one attached hydrogen (secondary N) is 1. The fourth-order valence-corrected chi connectivity index (χ4v) is 4.40. The van der Waals surface area contributed by atoms with E-state index in [2.05, 4.69) is 57.3 Å². The molecule has 0 radical (unpaired) electrons. The zero-order valence-electron chi connectivity index (χ0n) is 19.3. The molecule has 172 valence electrons. The molecule has 2 fully saturated rings. The van der Waals surface area contributed by atoms with Gasteiger partial charge in [-0.1, -0.05) is 43.3 Å². The Balaban J connectivity index is 1.24. The molecule has 2 aromatic carbocycles. The van der Waals surface area contributed by atoms with Crippen molar-refractivity contribution in [3.8, 4) is 0 Å². The molecule has 2 heterocycles. The van der Waals surface area contributed by atoms with E-state index in [9.17, 15) is 4.79 Å². The van der Waals surface area contributed by atoms with Gasteiger partial charge in [-0.2, -0.15) is 0 Å². The maximum Gasteiger partial charge on any atom is 0.251 e. The second-order valence-corrected chi connectivity index (χ2v) is 8.80. The first-order valence-electron chi connectivity index (χ1n) is 11.9. The van der Waals surface area contributed by atoms with Gasteiger partial charge in [0, 0.05) is 64.5 Å². The summed E-state index contributed by atoms with van der Waals surface area (Å²) in [6.45, 7) is 13.8. The summed E-state index contributed by atoms with van der Waals surface area (Å²) >= 11 is 0. The highest BCUT2D eigenvalue weighted by Crippen LogP contribution is 2.12. The van der Waals surface area contributed by atoms with Crippen LogP contribution in [0.5, 0.6) is 0 Å². The van der Waals surface area contributed by atoms with E-state index in [0.717, 1.165) is 83.2 Å². The maximum atomic E-state index is 12.7. The minimum Gasteiger partial charge on any atom is -0.379 e. The van der Waals surface area contributed by atoms with Gasteiger partial charge in [-0.15, -0.1) is 0 Å². The van der Waals surface area contributed by atoms with Crippen LogP contribution >= 0.6 is 0 Å². The van der Waals surface area contributed by atoms with Crippen molar-refractivity contribution < 1.29 is 9.53 Å². The van der Waals surface area contributed by atoms with Crippen molar-refractivity contribution in [2.75, 3.05) is 59.0 Å². The fraction of sp³-hybridized carbons (Fsp3) is 0.500. The number of rotatable bonds is 8. The lowest BCUT2D eigenvalue weighted by Crippen LogP contribution is -2.45. The number of hydrogen-bond acceptors (Lipinski definition) is 5. The Kier molecular flexibility index (Phi) is 8.29. The summed E-state index contributed by atoms with van der Waals surface area (Å²) in [6, 6.07) is 16.6. The molecule has 0 unspecified atom stereocenters. The van der Waals surface area contributed by atoms with E-state index in [1.165, 1.54) is 11.1 Å². The number of morpholine rings is 1. The van der Waals surface area contributed by atoms with Gasteiger partial charge >= 0.3 is 0 Å². The second-order valence-electron chi connectivity index (χ2n) is 8.80. The average Bonchev–Trinajstić information content (AvgIpc) is 2.85. The highest BCUT2D eigenvalue weighted by molar-refractivity contribution is 5.94. The van der Waals surface area contributed by atoms with Gasteiger partial charge in [0.15, 0.2) is 0 Å². The molecule has 0 bridgehead atoms. The highest BCUT2D eigenvalue weighted by Gasteiger charge is 2.15. The number of piperazine rings is 1. The zero-order valence-corrected chi connectivity index (χ0v) is 19.3. The van der Waals surface area contributed by atoms with Gasteiger partial charge in [0.2, 0.25) is 0 Å².